The van der Waals surface area contributed by atoms with Crippen molar-refractivity contribution in [2.24, 2.45) is 0 Å². The van der Waals surface area contributed by atoms with Gasteiger partial charge < -0.3 is 4.42 Å². The van der Waals surface area contributed by atoms with E-state index in [2.05, 4.69) is 0 Å². The third-order valence-electron chi connectivity index (χ3n) is 3.24. The van der Waals surface area contributed by atoms with Crippen LogP contribution in [-0.4, -0.2) is 5.78 Å². The van der Waals surface area contributed by atoms with Crippen LogP contribution in [0.4, 0.5) is 4.39 Å². The van der Waals surface area contributed by atoms with Crippen LogP contribution in [0.25, 0.3) is 11.0 Å². The molecule has 1 heterocycles. The zero-order valence-corrected chi connectivity index (χ0v) is 10.8. The van der Waals surface area contributed by atoms with Crippen LogP contribution >= 0.6 is 0 Å². The van der Waals surface area contributed by atoms with Gasteiger partial charge in [0.25, 0.3) is 0 Å². The Hall–Kier alpha value is -2.42. The zero-order valence-electron chi connectivity index (χ0n) is 10.8. The van der Waals surface area contributed by atoms with E-state index in [0.29, 0.717) is 29.6 Å². The Kier molecular flexibility index (Phi) is 3.33. The van der Waals surface area contributed by atoms with Gasteiger partial charge in [-0.1, -0.05) is 30.3 Å². The van der Waals surface area contributed by atoms with Crippen molar-refractivity contribution < 1.29 is 13.6 Å². The Balaban J connectivity index is 1.75. The van der Waals surface area contributed by atoms with Crippen LogP contribution in [0.1, 0.15) is 22.5 Å². The number of carbonyl (C=O) groups excluding carboxylic acids is 1. The lowest BCUT2D eigenvalue weighted by Gasteiger charge is -1.98. The lowest BCUT2D eigenvalue weighted by atomic mass is 10.1. The summed E-state index contributed by atoms with van der Waals surface area (Å²) in [5.41, 5.74) is 1.65. The number of Topliss-reactive ketones (excluding diaryl/α,β-unsaturated/α-hetero) is 1. The van der Waals surface area contributed by atoms with Crippen LogP contribution in [0.15, 0.2) is 59.0 Å². The van der Waals surface area contributed by atoms with Crippen LogP contribution < -0.4 is 0 Å². The van der Waals surface area contributed by atoms with Gasteiger partial charge >= 0.3 is 0 Å². The van der Waals surface area contributed by atoms with Crippen LogP contribution in [0.5, 0.6) is 0 Å². The summed E-state index contributed by atoms with van der Waals surface area (Å²) in [5, 5.41) is 0.619. The van der Waals surface area contributed by atoms with Crippen molar-refractivity contribution in [3.63, 3.8) is 0 Å². The van der Waals surface area contributed by atoms with E-state index in [1.165, 1.54) is 12.1 Å². The number of benzene rings is 2. The van der Waals surface area contributed by atoms with Gasteiger partial charge in [-0.2, -0.15) is 0 Å². The average molecular weight is 268 g/mol. The molecule has 0 bridgehead atoms. The number of halogens is 1. The van der Waals surface area contributed by atoms with Crippen molar-refractivity contribution in [3.05, 3.63) is 71.7 Å². The Bertz CT molecular complexity index is 744. The van der Waals surface area contributed by atoms with E-state index in [1.54, 1.807) is 12.1 Å². The standard InChI is InChI=1S/C17H13FO2/c18-14-7-9-16-13(10-14)11-17(20-16)15(19)8-6-12-4-2-1-3-5-12/h1-5,7,9-11H,6,8H2. The first kappa shape index (κ1) is 12.6. The van der Waals surface area contributed by atoms with Crippen LogP contribution in [-0.2, 0) is 6.42 Å². The monoisotopic (exact) mass is 268 g/mol. The first-order chi connectivity index (χ1) is 9.72. The van der Waals surface area contributed by atoms with E-state index in [4.69, 9.17) is 4.42 Å². The third-order valence-corrected chi connectivity index (χ3v) is 3.24. The summed E-state index contributed by atoms with van der Waals surface area (Å²) in [6.45, 7) is 0. The van der Waals surface area contributed by atoms with Crippen LogP contribution in [0, 0.1) is 5.82 Å². The van der Waals surface area contributed by atoms with Crippen molar-refractivity contribution in [2.75, 3.05) is 0 Å². The number of aryl methyl sites for hydroxylation is 1. The van der Waals surface area contributed by atoms with Gasteiger partial charge in [0.15, 0.2) is 11.5 Å². The Morgan fingerprint density at radius 3 is 2.65 bits per heavy atom. The van der Waals surface area contributed by atoms with E-state index >= 15 is 0 Å². The number of furan rings is 1. The maximum Gasteiger partial charge on any atom is 0.198 e. The molecule has 0 aliphatic carbocycles. The molecular weight excluding hydrogens is 255 g/mol. The molecule has 3 aromatic rings. The molecule has 0 radical (unpaired) electrons. The highest BCUT2D eigenvalue weighted by Gasteiger charge is 2.12. The highest BCUT2D eigenvalue weighted by Crippen LogP contribution is 2.21. The molecule has 20 heavy (non-hydrogen) atoms. The van der Waals surface area contributed by atoms with Crippen LogP contribution in [0.2, 0.25) is 0 Å². The predicted octanol–water partition coefficient (Wildman–Crippen LogP) is 4.39. The molecule has 0 atom stereocenters. The number of rotatable bonds is 4. The third kappa shape index (κ3) is 2.62. The molecule has 0 N–H and O–H groups in total. The van der Waals surface area contributed by atoms with Gasteiger partial charge in [0.1, 0.15) is 11.4 Å². The van der Waals surface area contributed by atoms with Gasteiger partial charge in [-0.25, -0.2) is 4.39 Å². The smallest absolute Gasteiger partial charge is 0.198 e. The van der Waals surface area contributed by atoms with Crippen molar-refractivity contribution in [3.8, 4) is 0 Å². The number of ketones is 1. The first-order valence-electron chi connectivity index (χ1n) is 6.48. The molecule has 3 rings (SSSR count). The molecule has 0 unspecified atom stereocenters. The average Bonchev–Trinajstić information content (AvgIpc) is 2.89. The summed E-state index contributed by atoms with van der Waals surface area (Å²) in [7, 11) is 0. The molecule has 0 fully saturated rings. The lowest BCUT2D eigenvalue weighted by molar-refractivity contribution is 0.0958. The largest absolute Gasteiger partial charge is 0.453 e. The Morgan fingerprint density at radius 2 is 1.85 bits per heavy atom. The van der Waals surface area contributed by atoms with Gasteiger partial charge in [0.05, 0.1) is 0 Å². The molecule has 0 spiro atoms. The molecular formula is C17H13FO2. The van der Waals surface area contributed by atoms with Crippen molar-refractivity contribution in [1.29, 1.82) is 0 Å². The maximum atomic E-state index is 13.1. The zero-order chi connectivity index (χ0) is 13.9. The van der Waals surface area contributed by atoms with Gasteiger partial charge in [0.2, 0.25) is 0 Å². The van der Waals surface area contributed by atoms with Crippen molar-refractivity contribution >= 4 is 16.8 Å². The SMILES string of the molecule is O=C(CCc1ccccc1)c1cc2cc(F)ccc2o1. The van der Waals surface area contributed by atoms with E-state index in [1.807, 2.05) is 30.3 Å². The summed E-state index contributed by atoms with van der Waals surface area (Å²) in [5.74, 6) is -0.103. The summed E-state index contributed by atoms with van der Waals surface area (Å²) < 4.78 is 18.5. The van der Waals surface area contributed by atoms with E-state index in [9.17, 15) is 9.18 Å². The molecule has 0 saturated carbocycles. The highest BCUT2D eigenvalue weighted by atomic mass is 19.1. The lowest BCUT2D eigenvalue weighted by Crippen LogP contribution is -1.99. The normalized spacial score (nSPS) is 10.8. The topological polar surface area (TPSA) is 30.2 Å². The highest BCUT2D eigenvalue weighted by molar-refractivity contribution is 5.97. The predicted molar refractivity (Wildman–Crippen MR) is 75.3 cm³/mol. The van der Waals surface area contributed by atoms with E-state index < -0.39 is 0 Å². The van der Waals surface area contributed by atoms with Gasteiger partial charge in [-0.15, -0.1) is 0 Å². The number of hydrogen-bond donors (Lipinski definition) is 0. The molecule has 2 aromatic carbocycles. The second-order valence-electron chi connectivity index (χ2n) is 4.70. The fraction of sp³-hybridized carbons (Fsp3) is 0.118. The molecule has 0 aliphatic rings. The molecule has 0 amide bonds. The maximum absolute atomic E-state index is 13.1. The second-order valence-corrected chi connectivity index (χ2v) is 4.70. The van der Waals surface area contributed by atoms with Gasteiger partial charge in [0, 0.05) is 11.8 Å². The molecule has 100 valence electrons. The van der Waals surface area contributed by atoms with Gasteiger partial charge in [-0.05, 0) is 36.2 Å². The van der Waals surface area contributed by atoms with Crippen LogP contribution in [0.3, 0.4) is 0 Å². The summed E-state index contributed by atoms with van der Waals surface area (Å²) in [6, 6.07) is 15.6. The first-order valence-corrected chi connectivity index (χ1v) is 6.48. The molecule has 3 heteroatoms. The minimum Gasteiger partial charge on any atom is -0.453 e. The fourth-order valence-electron chi connectivity index (χ4n) is 2.18. The Labute approximate surface area is 115 Å². The molecule has 2 nitrogen and oxygen atoms in total. The minimum absolute atomic E-state index is 0.0644. The summed E-state index contributed by atoms with van der Waals surface area (Å²) in [4.78, 5) is 12.1. The Morgan fingerprint density at radius 1 is 1.05 bits per heavy atom. The van der Waals surface area contributed by atoms with E-state index in [-0.39, 0.29) is 11.6 Å². The quantitative estimate of drug-likeness (QED) is 0.657. The number of carbonyl (C=O) groups is 1. The second kappa shape index (κ2) is 5.29. The summed E-state index contributed by atoms with van der Waals surface area (Å²) >= 11 is 0. The number of fused-ring (bicyclic) bond motifs is 1. The molecule has 0 saturated heterocycles. The van der Waals surface area contributed by atoms with E-state index in [0.717, 1.165) is 5.56 Å². The van der Waals surface area contributed by atoms with Gasteiger partial charge in [-0.3, -0.25) is 4.79 Å². The minimum atomic E-state index is -0.332. The fourth-order valence-corrected chi connectivity index (χ4v) is 2.18. The summed E-state index contributed by atoms with van der Waals surface area (Å²) in [6.07, 6.45) is 1.05. The van der Waals surface area contributed by atoms with Crippen molar-refractivity contribution in [1.82, 2.24) is 0 Å². The van der Waals surface area contributed by atoms with Crippen molar-refractivity contribution in [2.45, 2.75) is 12.8 Å². The molecule has 1 aromatic heterocycles. The number of hydrogen-bond acceptors (Lipinski definition) is 2. The molecule has 0 aliphatic heterocycles.